The number of likely N-dealkylation sites (tertiary alicyclic amines) is 1. The van der Waals surface area contributed by atoms with Crippen molar-refractivity contribution in [2.45, 2.75) is 77.5 Å². The molecule has 0 spiro atoms. The monoisotopic (exact) mass is 345 g/mol. The van der Waals surface area contributed by atoms with Gasteiger partial charge in [0.2, 0.25) is 0 Å². The number of amides is 1. The highest BCUT2D eigenvalue weighted by Crippen LogP contribution is 2.39. The van der Waals surface area contributed by atoms with Crippen molar-refractivity contribution in [3.63, 3.8) is 0 Å². The summed E-state index contributed by atoms with van der Waals surface area (Å²) < 4.78 is 5.68. The van der Waals surface area contributed by atoms with Gasteiger partial charge in [-0.1, -0.05) is 19.4 Å². The number of carbonyl (C=O) groups is 1. The van der Waals surface area contributed by atoms with Crippen LogP contribution in [0.2, 0.25) is 0 Å². The first-order valence-corrected chi connectivity index (χ1v) is 9.62. The average Bonchev–Trinajstić information content (AvgIpc) is 3.39. The number of pyridine rings is 1. The number of piperidine rings is 1. The first-order valence-electron chi connectivity index (χ1n) is 9.62. The van der Waals surface area contributed by atoms with E-state index in [2.05, 4.69) is 22.9 Å². The smallest absolute Gasteiger partial charge is 0.416 e. The van der Waals surface area contributed by atoms with Gasteiger partial charge in [0.15, 0.2) is 0 Å². The summed E-state index contributed by atoms with van der Waals surface area (Å²) in [5, 5.41) is 0. The molecule has 0 aromatic carbocycles. The second-order valence-electron chi connectivity index (χ2n) is 8.14. The Morgan fingerprint density at radius 1 is 1.32 bits per heavy atom. The summed E-state index contributed by atoms with van der Waals surface area (Å²) in [4.78, 5) is 21.8. The molecule has 25 heavy (non-hydrogen) atoms. The first kappa shape index (κ1) is 18.2. The van der Waals surface area contributed by atoms with Crippen LogP contribution in [0.25, 0.3) is 0 Å². The Labute approximate surface area is 151 Å². The van der Waals surface area contributed by atoms with E-state index < -0.39 is 5.60 Å². The summed E-state index contributed by atoms with van der Waals surface area (Å²) >= 11 is 0. The molecule has 0 unspecified atom stereocenters. The van der Waals surface area contributed by atoms with E-state index in [0.29, 0.717) is 6.04 Å². The quantitative estimate of drug-likeness (QED) is 0.804. The van der Waals surface area contributed by atoms with Crippen LogP contribution < -0.4 is 4.90 Å². The number of hydrogen-bond donors (Lipinski definition) is 0. The molecule has 0 N–H and O–H groups in total. The molecule has 138 valence electrons. The highest BCUT2D eigenvalue weighted by atomic mass is 16.6. The molecule has 2 heterocycles. The van der Waals surface area contributed by atoms with Gasteiger partial charge in [-0.2, -0.15) is 0 Å². The van der Waals surface area contributed by atoms with Crippen LogP contribution in [0, 0.1) is 0 Å². The van der Waals surface area contributed by atoms with Gasteiger partial charge in [0.1, 0.15) is 11.4 Å². The fourth-order valence-corrected chi connectivity index (χ4v) is 3.64. The minimum atomic E-state index is -0.501. The number of aromatic nitrogens is 1. The average molecular weight is 345 g/mol. The molecule has 1 saturated carbocycles. The Morgan fingerprint density at radius 2 is 2.08 bits per heavy atom. The standard InChI is InChI=1S/C20H31N3O2/c1-5-22-14-7-6-10-17(22)16-9-8-13-21-18(16)23(15-11-12-15)19(24)25-20(2,3)4/h8-9,13,15,17H,5-7,10-12,14H2,1-4H3/t17-/m0/s1. The van der Waals surface area contributed by atoms with Gasteiger partial charge in [-0.05, 0) is 65.6 Å². The summed E-state index contributed by atoms with van der Waals surface area (Å²) in [7, 11) is 0. The second kappa shape index (κ2) is 7.32. The zero-order valence-corrected chi connectivity index (χ0v) is 16.0. The van der Waals surface area contributed by atoms with Crippen LogP contribution >= 0.6 is 0 Å². The molecule has 1 aromatic heterocycles. The third-order valence-electron chi connectivity index (χ3n) is 4.93. The summed E-state index contributed by atoms with van der Waals surface area (Å²) in [6.07, 6.45) is 7.17. The number of ether oxygens (including phenoxy) is 1. The molecule has 5 nitrogen and oxygen atoms in total. The topological polar surface area (TPSA) is 45.7 Å². The third kappa shape index (κ3) is 4.32. The van der Waals surface area contributed by atoms with E-state index in [9.17, 15) is 4.79 Å². The lowest BCUT2D eigenvalue weighted by Crippen LogP contribution is -2.41. The minimum Gasteiger partial charge on any atom is -0.443 e. The van der Waals surface area contributed by atoms with Gasteiger partial charge in [-0.3, -0.25) is 9.80 Å². The fourth-order valence-electron chi connectivity index (χ4n) is 3.64. The van der Waals surface area contributed by atoms with Crippen molar-refractivity contribution in [2.75, 3.05) is 18.0 Å². The van der Waals surface area contributed by atoms with Gasteiger partial charge in [-0.25, -0.2) is 9.78 Å². The summed E-state index contributed by atoms with van der Waals surface area (Å²) in [6.45, 7) is 10.1. The van der Waals surface area contributed by atoms with Crippen LogP contribution in [0.1, 0.15) is 71.4 Å². The maximum absolute atomic E-state index is 12.9. The predicted octanol–water partition coefficient (Wildman–Crippen LogP) is 4.53. The lowest BCUT2D eigenvalue weighted by Gasteiger charge is -2.37. The molecule has 2 fully saturated rings. The summed E-state index contributed by atoms with van der Waals surface area (Å²) in [5.74, 6) is 0.796. The van der Waals surface area contributed by atoms with Crippen molar-refractivity contribution in [2.24, 2.45) is 0 Å². The summed E-state index contributed by atoms with van der Waals surface area (Å²) in [5.41, 5.74) is 0.668. The maximum Gasteiger partial charge on any atom is 0.416 e. The highest BCUT2D eigenvalue weighted by molar-refractivity contribution is 5.89. The molecular weight excluding hydrogens is 314 g/mol. The Kier molecular flexibility index (Phi) is 5.32. The molecule has 1 aliphatic carbocycles. The van der Waals surface area contributed by atoms with E-state index in [1.807, 2.05) is 31.7 Å². The van der Waals surface area contributed by atoms with Crippen LogP contribution in [0.4, 0.5) is 10.6 Å². The van der Waals surface area contributed by atoms with E-state index in [1.165, 1.54) is 18.4 Å². The Hall–Kier alpha value is -1.62. The first-order chi connectivity index (χ1) is 11.9. The van der Waals surface area contributed by atoms with Gasteiger partial charge < -0.3 is 4.74 Å². The van der Waals surface area contributed by atoms with Gasteiger partial charge in [0.25, 0.3) is 0 Å². The largest absolute Gasteiger partial charge is 0.443 e. The normalized spacial score (nSPS) is 21.8. The molecule has 0 bridgehead atoms. The fraction of sp³-hybridized carbons (Fsp3) is 0.700. The van der Waals surface area contributed by atoms with Crippen LogP contribution in [0.15, 0.2) is 18.3 Å². The molecule has 0 radical (unpaired) electrons. The number of hydrogen-bond acceptors (Lipinski definition) is 4. The zero-order valence-electron chi connectivity index (χ0n) is 16.0. The van der Waals surface area contributed by atoms with Crippen LogP contribution in [0.5, 0.6) is 0 Å². The predicted molar refractivity (Wildman–Crippen MR) is 99.8 cm³/mol. The Balaban J connectivity index is 1.93. The lowest BCUT2D eigenvalue weighted by molar-refractivity contribution is 0.0575. The van der Waals surface area contributed by atoms with E-state index >= 15 is 0 Å². The van der Waals surface area contributed by atoms with Crippen LogP contribution in [-0.2, 0) is 4.74 Å². The third-order valence-corrected chi connectivity index (χ3v) is 4.93. The van der Waals surface area contributed by atoms with E-state index in [4.69, 9.17) is 4.74 Å². The number of rotatable bonds is 4. The molecule has 1 aromatic rings. The molecular formula is C20H31N3O2. The van der Waals surface area contributed by atoms with Crippen LogP contribution in [0.3, 0.4) is 0 Å². The van der Waals surface area contributed by atoms with Crippen molar-refractivity contribution >= 4 is 11.9 Å². The highest BCUT2D eigenvalue weighted by Gasteiger charge is 2.39. The Morgan fingerprint density at radius 3 is 2.72 bits per heavy atom. The van der Waals surface area contributed by atoms with E-state index in [0.717, 1.165) is 38.2 Å². The van der Waals surface area contributed by atoms with E-state index in [-0.39, 0.29) is 12.1 Å². The van der Waals surface area contributed by atoms with Gasteiger partial charge in [0, 0.05) is 23.8 Å². The van der Waals surface area contributed by atoms with Gasteiger partial charge in [-0.15, -0.1) is 0 Å². The van der Waals surface area contributed by atoms with Crippen molar-refractivity contribution < 1.29 is 9.53 Å². The van der Waals surface area contributed by atoms with E-state index in [1.54, 1.807) is 6.20 Å². The molecule has 1 amide bonds. The molecule has 3 rings (SSSR count). The molecule has 1 aliphatic heterocycles. The molecule has 1 atom stereocenters. The summed E-state index contributed by atoms with van der Waals surface area (Å²) in [6, 6.07) is 4.69. The molecule has 5 heteroatoms. The van der Waals surface area contributed by atoms with Crippen LogP contribution in [-0.4, -0.2) is 40.7 Å². The number of carbonyl (C=O) groups excluding carboxylic acids is 1. The lowest BCUT2D eigenvalue weighted by atomic mass is 9.95. The SMILES string of the molecule is CCN1CCCC[C@H]1c1cccnc1N(C(=O)OC(C)(C)C)C1CC1. The molecule has 1 saturated heterocycles. The number of anilines is 1. The number of nitrogens with zero attached hydrogens (tertiary/aromatic N) is 3. The van der Waals surface area contributed by atoms with Gasteiger partial charge in [0.05, 0.1) is 0 Å². The zero-order chi connectivity index (χ0) is 18.0. The second-order valence-corrected chi connectivity index (χ2v) is 8.14. The van der Waals surface area contributed by atoms with Crippen molar-refractivity contribution in [1.82, 2.24) is 9.88 Å². The molecule has 2 aliphatic rings. The van der Waals surface area contributed by atoms with Crippen molar-refractivity contribution in [1.29, 1.82) is 0 Å². The Bertz CT molecular complexity index is 607. The van der Waals surface area contributed by atoms with Crippen molar-refractivity contribution in [3.8, 4) is 0 Å². The van der Waals surface area contributed by atoms with Crippen molar-refractivity contribution in [3.05, 3.63) is 23.9 Å². The van der Waals surface area contributed by atoms with Gasteiger partial charge >= 0.3 is 6.09 Å². The maximum atomic E-state index is 12.9. The minimum absolute atomic E-state index is 0.224.